The zero-order chi connectivity index (χ0) is 44.1. The number of halogens is 4. The number of piperazine rings is 1. The van der Waals surface area contributed by atoms with Crippen molar-refractivity contribution >= 4 is 75.3 Å². The number of piperidine rings is 1. The van der Waals surface area contributed by atoms with E-state index in [4.69, 9.17) is 28.6 Å². The van der Waals surface area contributed by atoms with Crippen LogP contribution in [0, 0.1) is 11.3 Å². The minimum Gasteiger partial charge on any atom is -0.492 e. The minimum absolute atomic E-state index is 0.0560. The van der Waals surface area contributed by atoms with Crippen molar-refractivity contribution in [1.29, 1.82) is 5.26 Å². The predicted octanol–water partition coefficient (Wildman–Crippen LogP) is 6.19. The zero-order valence-electron chi connectivity index (χ0n) is 34.1. The lowest BCUT2D eigenvalue weighted by Crippen LogP contribution is -2.58. The van der Waals surface area contributed by atoms with Crippen LogP contribution in [0.2, 0.25) is 5.02 Å². The molecular weight excluding hydrogens is 847 g/mol. The minimum atomic E-state index is -4.85. The van der Waals surface area contributed by atoms with Crippen molar-refractivity contribution in [3.05, 3.63) is 70.5 Å². The summed E-state index contributed by atoms with van der Waals surface area (Å²) in [5.74, 6) is -0.346. The molecule has 2 aliphatic carbocycles. The average Bonchev–Trinajstić information content (AvgIpc) is 4.01. The highest BCUT2D eigenvalue weighted by atomic mass is 35.5. The second kappa shape index (κ2) is 17.1. The van der Waals surface area contributed by atoms with Crippen molar-refractivity contribution in [2.75, 3.05) is 53.2 Å². The highest BCUT2D eigenvalue weighted by Gasteiger charge is 2.60. The third kappa shape index (κ3) is 8.68. The Morgan fingerprint density at radius 1 is 1.05 bits per heavy atom. The predicted molar refractivity (Wildman–Crippen MR) is 229 cm³/mol. The van der Waals surface area contributed by atoms with Gasteiger partial charge in [0.2, 0.25) is 17.7 Å². The van der Waals surface area contributed by atoms with E-state index < -0.39 is 40.8 Å². The van der Waals surface area contributed by atoms with Crippen molar-refractivity contribution < 1.29 is 37.1 Å². The molecular formula is C43H45ClF3N9O5S. The van der Waals surface area contributed by atoms with E-state index in [1.165, 1.54) is 6.07 Å². The fraction of sp³-hybridized carbons (Fsp3) is 0.465. The van der Waals surface area contributed by atoms with Crippen molar-refractivity contribution in [3.8, 4) is 11.8 Å². The number of nitrogens with one attached hydrogen (secondary N) is 3. The molecule has 4 heterocycles. The second-order valence-electron chi connectivity index (χ2n) is 16.7. The summed E-state index contributed by atoms with van der Waals surface area (Å²) in [4.78, 5) is 62.2. The number of alkyl halides is 3. The van der Waals surface area contributed by atoms with Gasteiger partial charge in [-0.25, -0.2) is 4.98 Å². The van der Waals surface area contributed by atoms with Gasteiger partial charge in [0.15, 0.2) is 10.8 Å². The third-order valence-electron chi connectivity index (χ3n) is 12.3. The molecule has 8 rings (SSSR count). The van der Waals surface area contributed by atoms with Gasteiger partial charge in [0.25, 0.3) is 5.91 Å². The lowest BCUT2D eigenvalue weighted by Gasteiger charge is -2.44. The van der Waals surface area contributed by atoms with Crippen LogP contribution in [0.5, 0.6) is 5.75 Å². The number of nitrogens with zero attached hydrogens (tertiary/aromatic N) is 6. The summed E-state index contributed by atoms with van der Waals surface area (Å²) in [6.07, 6.45) is 0.489. The highest BCUT2D eigenvalue weighted by molar-refractivity contribution is 7.81. The Kier molecular flexibility index (Phi) is 11.9. The molecule has 1 spiro atoms. The molecule has 2 aromatic carbocycles. The van der Waals surface area contributed by atoms with E-state index >= 15 is 0 Å². The lowest BCUT2D eigenvalue weighted by molar-refractivity contribution is -0.138. The van der Waals surface area contributed by atoms with Crippen LogP contribution in [0.15, 0.2) is 48.7 Å². The van der Waals surface area contributed by atoms with Gasteiger partial charge in [-0.2, -0.15) is 18.4 Å². The Morgan fingerprint density at radius 2 is 1.77 bits per heavy atom. The summed E-state index contributed by atoms with van der Waals surface area (Å²) in [5, 5.41) is 18.1. The van der Waals surface area contributed by atoms with Crippen LogP contribution in [0.25, 0.3) is 0 Å². The van der Waals surface area contributed by atoms with E-state index in [1.54, 1.807) is 23.1 Å². The van der Waals surface area contributed by atoms with Gasteiger partial charge < -0.3 is 20.3 Å². The number of aromatic nitrogens is 1. The number of benzene rings is 2. The summed E-state index contributed by atoms with van der Waals surface area (Å²) >= 11 is 12.2. The van der Waals surface area contributed by atoms with E-state index in [2.05, 4.69) is 44.6 Å². The van der Waals surface area contributed by atoms with Gasteiger partial charge >= 0.3 is 6.18 Å². The molecule has 3 aromatic rings. The summed E-state index contributed by atoms with van der Waals surface area (Å²) in [6, 6.07) is 12.5. The Morgan fingerprint density at radius 3 is 2.42 bits per heavy atom. The molecule has 4 amide bonds. The first-order chi connectivity index (χ1) is 29.5. The first kappa shape index (κ1) is 43.3. The van der Waals surface area contributed by atoms with Crippen LogP contribution in [-0.4, -0.2) is 100.0 Å². The second-order valence-corrected chi connectivity index (χ2v) is 17.5. The van der Waals surface area contributed by atoms with Crippen molar-refractivity contribution in [1.82, 2.24) is 20.1 Å². The molecule has 1 unspecified atom stereocenters. The molecule has 2 saturated carbocycles. The molecule has 3 atom stereocenters. The van der Waals surface area contributed by atoms with E-state index in [0.29, 0.717) is 67.6 Å². The number of imide groups is 1. The number of nitriles is 1. The molecule has 326 valence electrons. The number of rotatable bonds is 12. The van der Waals surface area contributed by atoms with Crippen molar-refractivity contribution in [2.24, 2.45) is 0 Å². The molecule has 5 fully saturated rings. The maximum atomic E-state index is 14.0. The molecule has 3 N–H and O–H groups in total. The van der Waals surface area contributed by atoms with E-state index in [-0.39, 0.29) is 53.6 Å². The number of carbonyl (C=O) groups excluding carboxylic acids is 4. The summed E-state index contributed by atoms with van der Waals surface area (Å²) in [6.45, 7) is 6.81. The normalized spacial score (nSPS) is 23.0. The van der Waals surface area contributed by atoms with Crippen LogP contribution in [0.3, 0.4) is 0 Å². The quantitative estimate of drug-likeness (QED) is 0.140. The van der Waals surface area contributed by atoms with Gasteiger partial charge in [-0.05, 0) is 119 Å². The Bertz CT molecular complexity index is 2360. The number of hydrogen-bond donors (Lipinski definition) is 3. The zero-order valence-corrected chi connectivity index (χ0v) is 35.6. The number of pyridine rings is 1. The van der Waals surface area contributed by atoms with E-state index in [0.717, 1.165) is 47.7 Å². The molecule has 0 bridgehead atoms. The van der Waals surface area contributed by atoms with Crippen LogP contribution in [-0.2, 0) is 25.4 Å². The lowest BCUT2D eigenvalue weighted by atomic mass is 9.75. The van der Waals surface area contributed by atoms with Crippen LogP contribution in [0.4, 0.5) is 35.9 Å². The Hall–Kier alpha value is -5.35. The standard InChI is InChI=1S/C43H45ClF3N9O5S/c1-24-21-53(22-25(2)54(24)23-38(58)51-29-15-27(44)14-28(16-29)50-34-7-9-37(57)52-39(34)59)12-13-61-36-8-6-30(17-32(36)26-4-5-26)56-41(62)55(40(60)42(56)10-3-11-42)31-18-33(43(45,46)47)35(19-48)49-20-31/h6,8,14-18,20,24-26,34,50H,3-5,7,9-13,21-23H2,1-2H3,(H,51,58)(H,52,57,59)/t24-,25+,34?. The smallest absolute Gasteiger partial charge is 0.419 e. The van der Waals surface area contributed by atoms with Crippen molar-refractivity contribution in [2.45, 2.75) is 94.6 Å². The first-order valence-electron chi connectivity index (χ1n) is 20.7. The summed E-state index contributed by atoms with van der Waals surface area (Å²) in [7, 11) is 0. The van der Waals surface area contributed by atoms with Gasteiger partial charge in [0.1, 0.15) is 30.0 Å². The summed E-state index contributed by atoms with van der Waals surface area (Å²) < 4.78 is 48.0. The van der Waals surface area contributed by atoms with Gasteiger partial charge in [-0.3, -0.25) is 39.2 Å². The average molecular weight is 892 g/mol. The molecule has 14 nitrogen and oxygen atoms in total. The number of hydrogen-bond acceptors (Lipinski definition) is 11. The number of anilines is 4. The molecule has 62 heavy (non-hydrogen) atoms. The molecule has 3 aliphatic heterocycles. The number of thiocarbonyl (C=S) groups is 1. The van der Waals surface area contributed by atoms with Crippen LogP contribution in [0.1, 0.15) is 81.5 Å². The van der Waals surface area contributed by atoms with Gasteiger partial charge in [-0.15, -0.1) is 0 Å². The molecule has 5 aliphatic rings. The molecule has 3 saturated heterocycles. The molecule has 0 radical (unpaired) electrons. The largest absolute Gasteiger partial charge is 0.492 e. The summed E-state index contributed by atoms with van der Waals surface area (Å²) in [5.41, 5.74) is -0.483. The monoisotopic (exact) mass is 891 g/mol. The Labute approximate surface area is 366 Å². The number of amides is 4. The Balaban J connectivity index is 0.881. The highest BCUT2D eigenvalue weighted by Crippen LogP contribution is 2.51. The first-order valence-corrected chi connectivity index (χ1v) is 21.4. The van der Waals surface area contributed by atoms with Gasteiger partial charge in [-0.1, -0.05) is 11.6 Å². The number of ether oxygens (including phenoxy) is 1. The maximum Gasteiger partial charge on any atom is 0.419 e. The van der Waals surface area contributed by atoms with E-state index in [1.807, 2.05) is 18.2 Å². The van der Waals surface area contributed by atoms with Gasteiger partial charge in [0.05, 0.1) is 24.0 Å². The van der Waals surface area contributed by atoms with Gasteiger partial charge in [0, 0.05) is 60.2 Å². The SMILES string of the molecule is C[C@@H]1CN(CCOc2ccc(N3C(=S)N(c4cnc(C#N)c(C(F)(F)F)c4)C(=O)C34CCC4)cc2C2CC2)C[C@H](C)N1CC(=O)Nc1cc(Cl)cc(NC2CCC(=O)NC2=O)c1. The topological polar surface area (TPSA) is 163 Å². The molecule has 1 aromatic heterocycles. The van der Waals surface area contributed by atoms with Crippen molar-refractivity contribution in [3.63, 3.8) is 0 Å². The fourth-order valence-electron chi connectivity index (χ4n) is 9.00. The number of carbonyl (C=O) groups is 4. The fourth-order valence-corrected chi connectivity index (χ4v) is 9.70. The maximum absolute atomic E-state index is 14.0. The van der Waals surface area contributed by atoms with E-state index in [9.17, 15) is 37.6 Å². The van der Waals surface area contributed by atoms with Crippen LogP contribution < -0.4 is 30.5 Å². The molecule has 19 heteroatoms. The third-order valence-corrected chi connectivity index (χ3v) is 12.9. The van der Waals surface area contributed by atoms with Crippen LogP contribution >= 0.6 is 23.8 Å².